The van der Waals surface area contributed by atoms with Crippen LogP contribution in [0.4, 0.5) is 0 Å². The van der Waals surface area contributed by atoms with E-state index < -0.39 is 0 Å². The number of carbonyl (C=O) groups is 1. The Hall–Kier alpha value is -3.30. The molecular weight excluding hydrogens is 374 g/mol. The van der Waals surface area contributed by atoms with Gasteiger partial charge in [0.05, 0.1) is 38.7 Å². The van der Waals surface area contributed by atoms with Gasteiger partial charge in [-0.2, -0.15) is 0 Å². The maximum Gasteiger partial charge on any atom is 0.274 e. The summed E-state index contributed by atoms with van der Waals surface area (Å²) in [6.07, 6.45) is 1.47. The molecule has 150 valence electrons. The van der Waals surface area contributed by atoms with Crippen LogP contribution in [0.15, 0.2) is 48.7 Å². The van der Waals surface area contributed by atoms with E-state index in [-0.39, 0.29) is 17.7 Å². The zero-order chi connectivity index (χ0) is 20.1. The monoisotopic (exact) mass is 395 g/mol. The first-order valence-electron chi connectivity index (χ1n) is 9.26. The molecule has 3 aromatic rings. The number of benzene rings is 1. The average molecular weight is 395 g/mol. The Bertz CT molecular complexity index is 970. The summed E-state index contributed by atoms with van der Waals surface area (Å²) in [6, 6.07) is 12.8. The van der Waals surface area contributed by atoms with E-state index in [0.29, 0.717) is 49.2 Å². The van der Waals surface area contributed by atoms with E-state index in [1.807, 2.05) is 30.3 Å². The Morgan fingerprint density at radius 3 is 2.86 bits per heavy atom. The van der Waals surface area contributed by atoms with Crippen LogP contribution in [0.2, 0.25) is 0 Å². The number of carbonyl (C=O) groups excluding carboxylic acids is 1. The molecule has 1 N–H and O–H groups in total. The van der Waals surface area contributed by atoms with Crippen LogP contribution < -0.4 is 10.1 Å². The molecule has 9 heteroatoms. The molecule has 0 aliphatic carbocycles. The molecule has 0 bridgehead atoms. The molecule has 4 rings (SSSR count). The maximum absolute atomic E-state index is 12.9. The maximum atomic E-state index is 12.9. The van der Waals surface area contributed by atoms with Crippen LogP contribution in [0.5, 0.6) is 5.75 Å². The minimum absolute atomic E-state index is 0.173. The summed E-state index contributed by atoms with van der Waals surface area (Å²) in [5, 5.41) is 11.2. The van der Waals surface area contributed by atoms with Crippen molar-refractivity contribution in [2.45, 2.75) is 6.10 Å². The molecule has 3 heterocycles. The SMILES string of the molecule is COc1ccccc1-n1nnc(C(=O)NC[C@H]2COCCO2)c1-c1ccccn1. The predicted molar refractivity (Wildman–Crippen MR) is 104 cm³/mol. The first-order chi connectivity index (χ1) is 14.3. The molecule has 0 unspecified atom stereocenters. The number of hydrogen-bond donors (Lipinski definition) is 1. The number of amides is 1. The number of rotatable bonds is 6. The fraction of sp³-hybridized carbons (Fsp3) is 0.300. The standard InChI is InChI=1S/C20H21N5O4/c1-27-17-8-3-2-7-16(17)25-19(15-6-4-5-9-21-15)18(23-24-25)20(26)22-12-14-13-28-10-11-29-14/h2-9,14H,10-13H2,1H3,(H,22,26)/t14-/m0/s1. The van der Waals surface area contributed by atoms with E-state index in [4.69, 9.17) is 14.2 Å². The molecule has 1 amide bonds. The lowest BCUT2D eigenvalue weighted by molar-refractivity contribution is -0.0855. The molecule has 2 aromatic heterocycles. The van der Waals surface area contributed by atoms with Crippen molar-refractivity contribution < 1.29 is 19.0 Å². The fourth-order valence-corrected chi connectivity index (χ4v) is 3.09. The third kappa shape index (κ3) is 4.10. The van der Waals surface area contributed by atoms with Crippen molar-refractivity contribution in [2.24, 2.45) is 0 Å². The highest BCUT2D eigenvalue weighted by Crippen LogP contribution is 2.28. The molecule has 1 fully saturated rings. The lowest BCUT2D eigenvalue weighted by Crippen LogP contribution is -2.40. The zero-order valence-corrected chi connectivity index (χ0v) is 15.9. The van der Waals surface area contributed by atoms with Crippen molar-refractivity contribution in [2.75, 3.05) is 33.5 Å². The van der Waals surface area contributed by atoms with Gasteiger partial charge >= 0.3 is 0 Å². The Balaban J connectivity index is 1.69. The van der Waals surface area contributed by atoms with Gasteiger partial charge in [-0.3, -0.25) is 9.78 Å². The fourth-order valence-electron chi connectivity index (χ4n) is 3.09. The second-order valence-corrected chi connectivity index (χ2v) is 6.36. The van der Waals surface area contributed by atoms with Gasteiger partial charge in [0.1, 0.15) is 17.1 Å². The molecule has 1 aromatic carbocycles. The van der Waals surface area contributed by atoms with E-state index in [1.165, 1.54) is 0 Å². The number of ether oxygens (including phenoxy) is 3. The number of hydrogen-bond acceptors (Lipinski definition) is 7. The Kier molecular flexibility index (Phi) is 5.78. The summed E-state index contributed by atoms with van der Waals surface area (Å²) in [6.45, 7) is 1.86. The van der Waals surface area contributed by atoms with E-state index in [1.54, 1.807) is 30.1 Å². The molecule has 1 saturated heterocycles. The van der Waals surface area contributed by atoms with Gasteiger partial charge in [-0.25, -0.2) is 4.68 Å². The number of para-hydroxylation sites is 2. The van der Waals surface area contributed by atoms with E-state index in [9.17, 15) is 4.79 Å². The van der Waals surface area contributed by atoms with Crippen LogP contribution in [-0.4, -0.2) is 65.5 Å². The zero-order valence-electron chi connectivity index (χ0n) is 15.9. The van der Waals surface area contributed by atoms with Crippen molar-refractivity contribution in [1.82, 2.24) is 25.3 Å². The van der Waals surface area contributed by atoms with Crippen LogP contribution in [0, 0.1) is 0 Å². The van der Waals surface area contributed by atoms with Crippen molar-refractivity contribution in [3.05, 3.63) is 54.4 Å². The highest BCUT2D eigenvalue weighted by Gasteiger charge is 2.25. The van der Waals surface area contributed by atoms with Gasteiger partial charge in [0, 0.05) is 12.7 Å². The number of aromatic nitrogens is 4. The molecular formula is C20H21N5O4. The number of pyridine rings is 1. The normalized spacial score (nSPS) is 16.4. The smallest absolute Gasteiger partial charge is 0.274 e. The van der Waals surface area contributed by atoms with Gasteiger partial charge in [-0.15, -0.1) is 5.10 Å². The largest absolute Gasteiger partial charge is 0.494 e. The average Bonchev–Trinajstić information content (AvgIpc) is 3.24. The molecule has 29 heavy (non-hydrogen) atoms. The second-order valence-electron chi connectivity index (χ2n) is 6.36. The predicted octanol–water partition coefficient (Wildman–Crippen LogP) is 1.48. The van der Waals surface area contributed by atoms with Crippen molar-refractivity contribution in [1.29, 1.82) is 0 Å². The minimum Gasteiger partial charge on any atom is -0.494 e. The lowest BCUT2D eigenvalue weighted by atomic mass is 10.2. The number of methoxy groups -OCH3 is 1. The summed E-state index contributed by atoms with van der Waals surface area (Å²) in [5.41, 5.74) is 1.89. The number of nitrogens with one attached hydrogen (secondary N) is 1. The molecule has 0 spiro atoms. The van der Waals surface area contributed by atoms with Crippen LogP contribution in [-0.2, 0) is 9.47 Å². The van der Waals surface area contributed by atoms with E-state index in [2.05, 4.69) is 20.6 Å². The van der Waals surface area contributed by atoms with Gasteiger partial charge in [0.25, 0.3) is 5.91 Å². The van der Waals surface area contributed by atoms with Gasteiger partial charge < -0.3 is 19.5 Å². The summed E-state index contributed by atoms with van der Waals surface area (Å²) in [4.78, 5) is 17.3. The summed E-state index contributed by atoms with van der Waals surface area (Å²) in [5.74, 6) is 0.246. The first kappa shape index (κ1) is 19.0. The van der Waals surface area contributed by atoms with Crippen molar-refractivity contribution in [3.63, 3.8) is 0 Å². The van der Waals surface area contributed by atoms with Crippen LogP contribution in [0.25, 0.3) is 17.1 Å². The van der Waals surface area contributed by atoms with Gasteiger partial charge in [-0.05, 0) is 24.3 Å². The van der Waals surface area contributed by atoms with Crippen LogP contribution in [0.1, 0.15) is 10.5 Å². The summed E-state index contributed by atoms with van der Waals surface area (Å²) < 4.78 is 18.0. The number of nitrogens with zero attached hydrogens (tertiary/aromatic N) is 4. The topological polar surface area (TPSA) is 100 Å². The van der Waals surface area contributed by atoms with Crippen molar-refractivity contribution >= 4 is 5.91 Å². The Morgan fingerprint density at radius 1 is 1.24 bits per heavy atom. The minimum atomic E-state index is -0.360. The van der Waals surface area contributed by atoms with Crippen molar-refractivity contribution in [3.8, 4) is 22.8 Å². The lowest BCUT2D eigenvalue weighted by Gasteiger charge is -2.22. The molecule has 1 atom stereocenters. The van der Waals surface area contributed by atoms with Gasteiger partial charge in [-0.1, -0.05) is 23.4 Å². The highest BCUT2D eigenvalue weighted by molar-refractivity contribution is 5.98. The van der Waals surface area contributed by atoms with E-state index >= 15 is 0 Å². The highest BCUT2D eigenvalue weighted by atomic mass is 16.6. The van der Waals surface area contributed by atoms with Gasteiger partial charge in [0.15, 0.2) is 5.69 Å². The summed E-state index contributed by atoms with van der Waals surface area (Å²) in [7, 11) is 1.58. The Morgan fingerprint density at radius 2 is 2.10 bits per heavy atom. The molecule has 0 radical (unpaired) electrons. The van der Waals surface area contributed by atoms with Crippen LogP contribution >= 0.6 is 0 Å². The quantitative estimate of drug-likeness (QED) is 0.675. The summed E-state index contributed by atoms with van der Waals surface area (Å²) >= 11 is 0. The Labute approximate surface area is 167 Å². The molecule has 0 saturated carbocycles. The first-order valence-corrected chi connectivity index (χ1v) is 9.26. The van der Waals surface area contributed by atoms with Crippen LogP contribution in [0.3, 0.4) is 0 Å². The molecule has 1 aliphatic rings. The third-order valence-electron chi connectivity index (χ3n) is 4.48. The molecule has 1 aliphatic heterocycles. The third-order valence-corrected chi connectivity index (χ3v) is 4.48. The molecule has 9 nitrogen and oxygen atoms in total. The van der Waals surface area contributed by atoms with E-state index in [0.717, 1.165) is 0 Å². The van der Waals surface area contributed by atoms with Gasteiger partial charge in [0.2, 0.25) is 0 Å². The second kappa shape index (κ2) is 8.80.